The molecule has 66 valence electrons. The van der Waals surface area contributed by atoms with Crippen LogP contribution in [0.2, 0.25) is 0 Å². The first-order valence-electron chi connectivity index (χ1n) is 3.39. The molecule has 0 aromatic carbocycles. The van der Waals surface area contributed by atoms with Crippen LogP contribution in [0.15, 0.2) is 0 Å². The molecule has 11 heavy (non-hydrogen) atoms. The van der Waals surface area contributed by atoms with Crippen molar-refractivity contribution in [3.63, 3.8) is 0 Å². The zero-order valence-electron chi connectivity index (χ0n) is 5.96. The lowest BCUT2D eigenvalue weighted by Crippen LogP contribution is -2.44. The summed E-state index contributed by atoms with van der Waals surface area (Å²) in [4.78, 5) is 0. The molecule has 4 nitrogen and oxygen atoms in total. The monoisotopic (exact) mass is 198 g/mol. The van der Waals surface area contributed by atoms with Gasteiger partial charge < -0.3 is 0 Å². The van der Waals surface area contributed by atoms with E-state index in [1.165, 1.54) is 0 Å². The van der Waals surface area contributed by atoms with Gasteiger partial charge in [-0.25, -0.2) is 13.6 Å². The Balaban J connectivity index is 2.53. The quantitative estimate of drug-likeness (QED) is 0.445. The molecule has 1 saturated heterocycles. The molecule has 0 amide bonds. The molecule has 2 atom stereocenters. The van der Waals surface area contributed by atoms with Crippen LogP contribution in [0.5, 0.6) is 0 Å². The van der Waals surface area contributed by atoms with Gasteiger partial charge in [0.05, 0.1) is 10.8 Å². The summed E-state index contributed by atoms with van der Waals surface area (Å²) in [6, 6.07) is 0. The third-order valence-electron chi connectivity index (χ3n) is 1.77. The van der Waals surface area contributed by atoms with Crippen molar-refractivity contribution in [2.24, 2.45) is 5.14 Å². The molecule has 0 saturated carbocycles. The Hall–Kier alpha value is 0.160. The van der Waals surface area contributed by atoms with Crippen molar-refractivity contribution in [1.29, 1.82) is 0 Å². The Bertz CT molecular complexity index is 221. The number of piperidine rings is 1. The highest BCUT2D eigenvalue weighted by Crippen LogP contribution is 2.14. The highest BCUT2D eigenvalue weighted by atomic mass is 35.5. The normalized spacial score (nSPS) is 33.6. The maximum Gasteiger partial charge on any atom is 0.213 e. The first-order valence-corrected chi connectivity index (χ1v) is 5.44. The highest BCUT2D eigenvalue weighted by Gasteiger charge is 2.26. The molecule has 1 aliphatic heterocycles. The number of nitrogens with two attached hydrogens (primary N) is 1. The van der Waals surface area contributed by atoms with Gasteiger partial charge in [0, 0.05) is 6.54 Å². The minimum Gasteiger partial charge on any atom is -0.300 e. The molecular weight excluding hydrogens is 188 g/mol. The average Bonchev–Trinajstić information content (AvgIpc) is 1.86. The van der Waals surface area contributed by atoms with Crippen LogP contribution in [0.25, 0.3) is 0 Å². The van der Waals surface area contributed by atoms with E-state index in [9.17, 15) is 8.42 Å². The highest BCUT2D eigenvalue weighted by molar-refractivity contribution is 7.89. The SMILES string of the molecule is NS(=O)(=O)C1CCC(Cl)NC1. The number of halogens is 1. The van der Waals surface area contributed by atoms with Crippen molar-refractivity contribution in [2.45, 2.75) is 23.6 Å². The Morgan fingerprint density at radius 1 is 1.45 bits per heavy atom. The lowest BCUT2D eigenvalue weighted by Gasteiger charge is -2.24. The molecule has 1 aliphatic rings. The van der Waals surface area contributed by atoms with Crippen LogP contribution < -0.4 is 10.5 Å². The van der Waals surface area contributed by atoms with Crippen molar-refractivity contribution in [1.82, 2.24) is 5.32 Å². The predicted molar refractivity (Wildman–Crippen MR) is 43.8 cm³/mol. The molecule has 1 heterocycles. The summed E-state index contributed by atoms with van der Waals surface area (Å²) >= 11 is 5.69. The van der Waals surface area contributed by atoms with Crippen molar-refractivity contribution in [3.8, 4) is 0 Å². The first-order chi connectivity index (χ1) is 5.00. The fourth-order valence-electron chi connectivity index (χ4n) is 1.08. The van der Waals surface area contributed by atoms with E-state index in [0.717, 1.165) is 0 Å². The lowest BCUT2D eigenvalue weighted by molar-refractivity contribution is 0.472. The molecular formula is C5H11ClN2O2S. The van der Waals surface area contributed by atoms with Gasteiger partial charge in [0.1, 0.15) is 0 Å². The Morgan fingerprint density at radius 2 is 2.09 bits per heavy atom. The third kappa shape index (κ3) is 2.59. The first kappa shape index (κ1) is 9.25. The summed E-state index contributed by atoms with van der Waals surface area (Å²) < 4.78 is 21.6. The predicted octanol–water partition coefficient (Wildman–Crippen LogP) is -0.408. The molecule has 1 rings (SSSR count). The second-order valence-corrected chi connectivity index (χ2v) is 5.04. The summed E-state index contributed by atoms with van der Waals surface area (Å²) in [7, 11) is -3.37. The van der Waals surface area contributed by atoms with Crippen molar-refractivity contribution in [2.75, 3.05) is 6.54 Å². The van der Waals surface area contributed by atoms with Crippen LogP contribution in [0.1, 0.15) is 12.8 Å². The maximum atomic E-state index is 10.8. The van der Waals surface area contributed by atoms with Crippen molar-refractivity contribution < 1.29 is 8.42 Å². The zero-order valence-corrected chi connectivity index (χ0v) is 7.53. The standard InChI is InChI=1S/C5H11ClN2O2S/c6-5-2-1-4(3-8-5)11(7,9)10/h4-5,8H,1-3H2,(H2,7,9,10). The fraction of sp³-hybridized carbons (Fsp3) is 1.00. The Morgan fingerprint density at radius 3 is 2.45 bits per heavy atom. The molecule has 0 radical (unpaired) electrons. The van der Waals surface area contributed by atoms with E-state index < -0.39 is 15.3 Å². The summed E-state index contributed by atoms with van der Waals surface area (Å²) in [5, 5.41) is 7.33. The van der Waals surface area contributed by atoms with Gasteiger partial charge in [-0.2, -0.15) is 0 Å². The van der Waals surface area contributed by atoms with Crippen LogP contribution in [0.4, 0.5) is 0 Å². The van der Waals surface area contributed by atoms with Crippen LogP contribution >= 0.6 is 11.6 Å². The maximum absolute atomic E-state index is 10.8. The molecule has 0 aliphatic carbocycles. The van der Waals surface area contributed by atoms with Gasteiger partial charge in [-0.3, -0.25) is 5.32 Å². The molecule has 0 bridgehead atoms. The zero-order chi connectivity index (χ0) is 8.48. The van der Waals surface area contributed by atoms with Gasteiger partial charge in [0.2, 0.25) is 10.0 Å². The van der Waals surface area contributed by atoms with E-state index >= 15 is 0 Å². The van der Waals surface area contributed by atoms with E-state index in [-0.39, 0.29) is 5.50 Å². The average molecular weight is 199 g/mol. The Kier molecular flexibility index (Phi) is 2.74. The second-order valence-electron chi connectivity index (χ2n) is 2.66. The fourth-order valence-corrected chi connectivity index (χ4v) is 2.08. The third-order valence-corrected chi connectivity index (χ3v) is 3.48. The number of nitrogens with one attached hydrogen (secondary N) is 1. The number of sulfonamides is 1. The molecule has 2 unspecified atom stereocenters. The van der Waals surface area contributed by atoms with E-state index in [4.69, 9.17) is 16.7 Å². The van der Waals surface area contributed by atoms with Gasteiger partial charge in [-0.15, -0.1) is 11.6 Å². The smallest absolute Gasteiger partial charge is 0.213 e. The van der Waals surface area contributed by atoms with Crippen LogP contribution in [-0.2, 0) is 10.0 Å². The van der Waals surface area contributed by atoms with E-state index in [1.54, 1.807) is 0 Å². The Labute approximate surface area is 71.1 Å². The van der Waals surface area contributed by atoms with Gasteiger partial charge in [-0.05, 0) is 12.8 Å². The molecule has 6 heteroatoms. The minimum absolute atomic E-state index is 0.104. The number of hydrogen-bond donors (Lipinski definition) is 2. The number of primary sulfonamides is 1. The number of hydrogen-bond acceptors (Lipinski definition) is 3. The van der Waals surface area contributed by atoms with E-state index in [2.05, 4.69) is 5.32 Å². The topological polar surface area (TPSA) is 72.2 Å². The van der Waals surface area contributed by atoms with E-state index in [1.807, 2.05) is 0 Å². The minimum atomic E-state index is -3.37. The van der Waals surface area contributed by atoms with Gasteiger partial charge >= 0.3 is 0 Å². The van der Waals surface area contributed by atoms with Gasteiger partial charge in [0.15, 0.2) is 0 Å². The van der Waals surface area contributed by atoms with Crippen molar-refractivity contribution >= 4 is 21.6 Å². The molecule has 3 N–H and O–H groups in total. The molecule has 0 aromatic heterocycles. The summed E-state index contributed by atoms with van der Waals surface area (Å²) in [6.07, 6.45) is 1.21. The second kappa shape index (κ2) is 3.26. The van der Waals surface area contributed by atoms with Gasteiger partial charge in [-0.1, -0.05) is 0 Å². The lowest BCUT2D eigenvalue weighted by atomic mass is 10.2. The van der Waals surface area contributed by atoms with Crippen LogP contribution in [0, 0.1) is 0 Å². The van der Waals surface area contributed by atoms with Crippen LogP contribution in [-0.4, -0.2) is 25.7 Å². The molecule has 1 fully saturated rings. The number of rotatable bonds is 1. The van der Waals surface area contributed by atoms with Crippen molar-refractivity contribution in [3.05, 3.63) is 0 Å². The van der Waals surface area contributed by atoms with E-state index in [0.29, 0.717) is 19.4 Å². The van der Waals surface area contributed by atoms with Gasteiger partial charge in [0.25, 0.3) is 0 Å². The molecule has 0 aromatic rings. The number of alkyl halides is 1. The largest absolute Gasteiger partial charge is 0.300 e. The molecule has 0 spiro atoms. The summed E-state index contributed by atoms with van der Waals surface area (Å²) in [5.41, 5.74) is -0.104. The summed E-state index contributed by atoms with van der Waals surface area (Å²) in [5.74, 6) is 0. The van der Waals surface area contributed by atoms with Crippen LogP contribution in [0.3, 0.4) is 0 Å². The summed E-state index contributed by atoms with van der Waals surface area (Å²) in [6.45, 7) is 0.368.